The molecule has 1 atom stereocenters. The van der Waals surface area contributed by atoms with Crippen molar-refractivity contribution in [3.63, 3.8) is 0 Å². The minimum atomic E-state index is 0.709. The summed E-state index contributed by atoms with van der Waals surface area (Å²) in [6, 6.07) is 9.08. The van der Waals surface area contributed by atoms with Crippen molar-refractivity contribution in [2.24, 2.45) is 5.92 Å². The lowest BCUT2D eigenvalue weighted by atomic mass is 9.76. The molecular formula is C16H25N. The van der Waals surface area contributed by atoms with E-state index >= 15 is 0 Å². The first-order chi connectivity index (χ1) is 8.31. The van der Waals surface area contributed by atoms with E-state index in [4.69, 9.17) is 0 Å². The third-order valence-corrected chi connectivity index (χ3v) is 4.11. The van der Waals surface area contributed by atoms with Gasteiger partial charge in [-0.1, -0.05) is 49.1 Å². The summed E-state index contributed by atoms with van der Waals surface area (Å²) >= 11 is 0. The van der Waals surface area contributed by atoms with Crippen LogP contribution in [0.3, 0.4) is 0 Å². The van der Waals surface area contributed by atoms with E-state index in [0.717, 1.165) is 12.5 Å². The lowest BCUT2D eigenvalue weighted by Gasteiger charge is -2.30. The summed E-state index contributed by atoms with van der Waals surface area (Å²) in [4.78, 5) is 0. The first kappa shape index (κ1) is 12.6. The maximum atomic E-state index is 3.38. The molecule has 1 nitrogen and oxygen atoms in total. The molecule has 1 aliphatic rings. The number of aryl methyl sites for hydroxylation is 1. The molecule has 94 valence electrons. The summed E-state index contributed by atoms with van der Waals surface area (Å²) < 4.78 is 0. The molecule has 1 aromatic rings. The van der Waals surface area contributed by atoms with Gasteiger partial charge in [-0.2, -0.15) is 0 Å². The molecule has 1 N–H and O–H groups in total. The van der Waals surface area contributed by atoms with Crippen molar-refractivity contribution in [3.05, 3.63) is 35.4 Å². The SMILES string of the molecule is CNCC(c1cccc(C)c1)C1CCCCC1. The van der Waals surface area contributed by atoms with E-state index in [1.54, 1.807) is 0 Å². The molecule has 1 unspecified atom stereocenters. The molecule has 0 spiro atoms. The average molecular weight is 231 g/mol. The van der Waals surface area contributed by atoms with Gasteiger partial charge in [0, 0.05) is 6.54 Å². The van der Waals surface area contributed by atoms with Gasteiger partial charge < -0.3 is 5.32 Å². The van der Waals surface area contributed by atoms with E-state index in [-0.39, 0.29) is 0 Å². The molecule has 1 heteroatoms. The summed E-state index contributed by atoms with van der Waals surface area (Å²) in [6.45, 7) is 3.31. The van der Waals surface area contributed by atoms with Gasteiger partial charge in [-0.05, 0) is 44.2 Å². The molecule has 1 saturated carbocycles. The Balaban J connectivity index is 2.15. The second-order valence-corrected chi connectivity index (χ2v) is 5.48. The van der Waals surface area contributed by atoms with E-state index in [2.05, 4.69) is 43.6 Å². The maximum absolute atomic E-state index is 3.38. The van der Waals surface area contributed by atoms with E-state index in [1.807, 2.05) is 0 Å². The van der Waals surface area contributed by atoms with Gasteiger partial charge in [0.15, 0.2) is 0 Å². The minimum absolute atomic E-state index is 0.709. The van der Waals surface area contributed by atoms with Crippen molar-refractivity contribution in [2.45, 2.75) is 44.9 Å². The van der Waals surface area contributed by atoms with Crippen LogP contribution in [0.1, 0.15) is 49.1 Å². The van der Waals surface area contributed by atoms with Crippen LogP contribution in [0.25, 0.3) is 0 Å². The van der Waals surface area contributed by atoms with Gasteiger partial charge in [0.1, 0.15) is 0 Å². The summed E-state index contributed by atoms with van der Waals surface area (Å²) in [5.41, 5.74) is 2.92. The molecule has 0 aromatic heterocycles. The van der Waals surface area contributed by atoms with Crippen molar-refractivity contribution in [2.75, 3.05) is 13.6 Å². The fraction of sp³-hybridized carbons (Fsp3) is 0.625. The highest BCUT2D eigenvalue weighted by molar-refractivity contribution is 5.26. The first-order valence-corrected chi connectivity index (χ1v) is 7.02. The zero-order chi connectivity index (χ0) is 12.1. The van der Waals surface area contributed by atoms with E-state index < -0.39 is 0 Å². The highest BCUT2D eigenvalue weighted by Gasteiger charge is 2.24. The second-order valence-electron chi connectivity index (χ2n) is 5.48. The smallest absolute Gasteiger partial charge is 0.00198 e. The minimum Gasteiger partial charge on any atom is -0.319 e. The van der Waals surface area contributed by atoms with Crippen LogP contribution >= 0.6 is 0 Å². The van der Waals surface area contributed by atoms with Gasteiger partial charge in [-0.25, -0.2) is 0 Å². The second kappa shape index (κ2) is 6.20. The third-order valence-electron chi connectivity index (χ3n) is 4.11. The van der Waals surface area contributed by atoms with Gasteiger partial charge in [0.05, 0.1) is 0 Å². The Morgan fingerprint density at radius 1 is 1.24 bits per heavy atom. The largest absolute Gasteiger partial charge is 0.319 e. The Hall–Kier alpha value is -0.820. The lowest BCUT2D eigenvalue weighted by molar-refractivity contribution is 0.300. The van der Waals surface area contributed by atoms with Crippen LogP contribution in [-0.4, -0.2) is 13.6 Å². The third kappa shape index (κ3) is 3.32. The number of hydrogen-bond acceptors (Lipinski definition) is 1. The summed E-state index contributed by atoms with van der Waals surface area (Å²) in [6.07, 6.45) is 7.13. The molecule has 0 saturated heterocycles. The Kier molecular flexibility index (Phi) is 4.61. The quantitative estimate of drug-likeness (QED) is 0.829. The van der Waals surface area contributed by atoms with Crippen LogP contribution in [0.4, 0.5) is 0 Å². The van der Waals surface area contributed by atoms with Crippen molar-refractivity contribution >= 4 is 0 Å². The maximum Gasteiger partial charge on any atom is 0.00198 e. The molecule has 1 aliphatic carbocycles. The first-order valence-electron chi connectivity index (χ1n) is 7.02. The van der Waals surface area contributed by atoms with Crippen LogP contribution in [0.2, 0.25) is 0 Å². The van der Waals surface area contributed by atoms with Crippen molar-refractivity contribution < 1.29 is 0 Å². The molecule has 0 heterocycles. The van der Waals surface area contributed by atoms with Crippen molar-refractivity contribution in [3.8, 4) is 0 Å². The number of likely N-dealkylation sites (N-methyl/N-ethyl adjacent to an activating group) is 1. The Bertz CT molecular complexity index is 339. The molecule has 17 heavy (non-hydrogen) atoms. The van der Waals surface area contributed by atoms with E-state index in [0.29, 0.717) is 5.92 Å². The molecule has 0 amide bonds. The topological polar surface area (TPSA) is 12.0 Å². The van der Waals surface area contributed by atoms with Gasteiger partial charge >= 0.3 is 0 Å². The fourth-order valence-electron chi connectivity index (χ4n) is 3.21. The van der Waals surface area contributed by atoms with Gasteiger partial charge in [-0.3, -0.25) is 0 Å². The Labute approximate surface area is 106 Å². The fourth-order valence-corrected chi connectivity index (χ4v) is 3.21. The molecule has 0 radical (unpaired) electrons. The monoisotopic (exact) mass is 231 g/mol. The molecule has 1 aromatic carbocycles. The summed E-state index contributed by atoms with van der Waals surface area (Å²) in [5.74, 6) is 1.60. The van der Waals surface area contributed by atoms with Crippen LogP contribution in [0, 0.1) is 12.8 Å². The molecule has 0 aliphatic heterocycles. The molecule has 0 bridgehead atoms. The van der Waals surface area contributed by atoms with Crippen molar-refractivity contribution in [1.82, 2.24) is 5.32 Å². The standard InChI is InChI=1S/C16H25N/c1-13-7-6-10-15(11-13)16(12-17-2)14-8-4-3-5-9-14/h6-7,10-11,14,16-17H,3-5,8-9,12H2,1-2H3. The number of hydrogen-bond donors (Lipinski definition) is 1. The molecule has 2 rings (SSSR count). The van der Waals surface area contributed by atoms with Crippen LogP contribution in [0.5, 0.6) is 0 Å². The van der Waals surface area contributed by atoms with Gasteiger partial charge in [0.25, 0.3) is 0 Å². The molecular weight excluding hydrogens is 206 g/mol. The predicted molar refractivity (Wildman–Crippen MR) is 74.4 cm³/mol. The Morgan fingerprint density at radius 3 is 2.65 bits per heavy atom. The highest BCUT2D eigenvalue weighted by Crippen LogP contribution is 2.35. The summed E-state index contributed by atoms with van der Waals surface area (Å²) in [5, 5.41) is 3.38. The average Bonchev–Trinajstić information content (AvgIpc) is 2.37. The normalized spacial score (nSPS) is 19.2. The predicted octanol–water partition coefficient (Wildman–Crippen LogP) is 3.88. The zero-order valence-electron chi connectivity index (χ0n) is 11.2. The zero-order valence-corrected chi connectivity index (χ0v) is 11.2. The Morgan fingerprint density at radius 2 is 2.00 bits per heavy atom. The van der Waals surface area contributed by atoms with Gasteiger partial charge in [-0.15, -0.1) is 0 Å². The lowest BCUT2D eigenvalue weighted by Crippen LogP contribution is -2.25. The highest BCUT2D eigenvalue weighted by atomic mass is 14.8. The van der Waals surface area contributed by atoms with E-state index in [9.17, 15) is 0 Å². The van der Waals surface area contributed by atoms with E-state index in [1.165, 1.54) is 43.2 Å². The number of rotatable bonds is 4. The number of nitrogens with one attached hydrogen (secondary N) is 1. The van der Waals surface area contributed by atoms with Crippen LogP contribution in [0.15, 0.2) is 24.3 Å². The van der Waals surface area contributed by atoms with Crippen molar-refractivity contribution in [1.29, 1.82) is 0 Å². The molecule has 1 fully saturated rings. The van der Waals surface area contributed by atoms with Crippen LogP contribution in [-0.2, 0) is 0 Å². The number of benzene rings is 1. The summed E-state index contributed by atoms with van der Waals surface area (Å²) in [7, 11) is 2.08. The van der Waals surface area contributed by atoms with Gasteiger partial charge in [0.2, 0.25) is 0 Å². The van der Waals surface area contributed by atoms with Crippen LogP contribution < -0.4 is 5.32 Å².